The van der Waals surface area contributed by atoms with E-state index in [1.807, 2.05) is 0 Å². The van der Waals surface area contributed by atoms with Crippen LogP contribution >= 0.6 is 0 Å². The van der Waals surface area contributed by atoms with Crippen LogP contribution in [0.2, 0.25) is 6.04 Å². The van der Waals surface area contributed by atoms with E-state index < -0.39 is 14.8 Å². The van der Waals surface area contributed by atoms with E-state index in [0.29, 0.717) is 0 Å². The first-order valence-corrected chi connectivity index (χ1v) is 15.3. The summed E-state index contributed by atoms with van der Waals surface area (Å²) in [7, 11) is 7.40. The molecule has 0 rings (SSSR count). The fourth-order valence-corrected chi connectivity index (χ4v) is 5.83. The van der Waals surface area contributed by atoms with Gasteiger partial charge in [-0.25, -0.2) is 0 Å². The van der Waals surface area contributed by atoms with Crippen LogP contribution in [0.3, 0.4) is 0 Å². The first-order chi connectivity index (χ1) is 15.7. The predicted octanol–water partition coefficient (Wildman–Crippen LogP) is 5.57. The van der Waals surface area contributed by atoms with Gasteiger partial charge in [-0.3, -0.25) is 0 Å². The lowest BCUT2D eigenvalue weighted by Crippen LogP contribution is -2.45. The van der Waals surface area contributed by atoms with Crippen LogP contribution in [0.4, 0.5) is 0 Å². The molecule has 6 nitrogen and oxygen atoms in total. The summed E-state index contributed by atoms with van der Waals surface area (Å²) in [6, 6.07) is 0.900. The van der Waals surface area contributed by atoms with Gasteiger partial charge in [0.25, 0.3) is 0 Å². The SMILES string of the molecule is CC(=O)[O-].CCCCCCCCCCCCCCCC[N+](C)(C)CCC[Si](OC)(OC)OC. The zero-order valence-electron chi connectivity index (χ0n) is 23.2. The number of unbranched alkanes of at least 4 members (excludes halogenated alkanes) is 13. The third-order valence-electron chi connectivity index (χ3n) is 6.30. The van der Waals surface area contributed by atoms with Crippen LogP contribution in [-0.2, 0) is 18.1 Å². The maximum absolute atomic E-state index is 8.89. The topological polar surface area (TPSA) is 67.8 Å². The van der Waals surface area contributed by atoms with Crippen molar-refractivity contribution in [2.45, 2.75) is 116 Å². The maximum Gasteiger partial charge on any atom is 0.500 e. The standard InChI is InChI=1S/C24H54NO3Si.C2H4O2/c1-7-8-9-10-11-12-13-14-15-16-17-18-19-20-22-25(2,3)23-21-24-29(26-4,27-5)28-6;1-2(3)4/h7-24H2,1-6H3;1H3,(H,3,4)/q+1;/p-1. The molecule has 0 fully saturated rings. The summed E-state index contributed by atoms with van der Waals surface area (Å²) < 4.78 is 17.7. The first-order valence-electron chi connectivity index (χ1n) is 13.3. The fraction of sp³-hybridized carbons (Fsp3) is 0.962. The van der Waals surface area contributed by atoms with Crippen molar-refractivity contribution in [3.8, 4) is 0 Å². The van der Waals surface area contributed by atoms with E-state index in [-0.39, 0.29) is 0 Å². The highest BCUT2D eigenvalue weighted by atomic mass is 28.4. The number of nitrogens with zero attached hydrogens (tertiary/aromatic N) is 1. The highest BCUT2D eigenvalue weighted by molar-refractivity contribution is 6.60. The molecule has 0 aromatic heterocycles. The number of rotatable bonds is 22. The Kier molecular flexibility index (Phi) is 24.5. The van der Waals surface area contributed by atoms with Crippen molar-refractivity contribution in [2.75, 3.05) is 48.5 Å². The predicted molar refractivity (Wildman–Crippen MR) is 139 cm³/mol. The zero-order chi connectivity index (χ0) is 25.4. The Morgan fingerprint density at radius 1 is 0.667 bits per heavy atom. The molecule has 0 aliphatic heterocycles. The lowest BCUT2D eigenvalue weighted by Gasteiger charge is -2.31. The zero-order valence-corrected chi connectivity index (χ0v) is 24.2. The van der Waals surface area contributed by atoms with Crippen molar-refractivity contribution in [1.82, 2.24) is 0 Å². The van der Waals surface area contributed by atoms with E-state index in [2.05, 4.69) is 21.0 Å². The van der Waals surface area contributed by atoms with Crippen molar-refractivity contribution >= 4 is 14.8 Å². The van der Waals surface area contributed by atoms with E-state index in [0.717, 1.165) is 30.4 Å². The normalized spacial score (nSPS) is 11.8. The fourth-order valence-electron chi connectivity index (χ4n) is 4.13. The van der Waals surface area contributed by atoms with Crippen LogP contribution in [0.25, 0.3) is 0 Å². The number of aliphatic carboxylic acids is 1. The largest absolute Gasteiger partial charge is 0.550 e. The molecule has 200 valence electrons. The van der Waals surface area contributed by atoms with Crippen LogP contribution in [0.15, 0.2) is 0 Å². The van der Waals surface area contributed by atoms with Gasteiger partial charge in [0, 0.05) is 39.8 Å². The smallest absolute Gasteiger partial charge is 0.500 e. The molecule has 0 aromatic carbocycles. The van der Waals surface area contributed by atoms with Gasteiger partial charge >= 0.3 is 8.80 Å². The molecular weight excluding hydrogens is 434 g/mol. The average molecular weight is 492 g/mol. The first kappa shape index (κ1) is 34.7. The lowest BCUT2D eigenvalue weighted by atomic mass is 10.0. The number of hydrogen-bond acceptors (Lipinski definition) is 5. The van der Waals surface area contributed by atoms with Gasteiger partial charge in [-0.15, -0.1) is 0 Å². The van der Waals surface area contributed by atoms with Crippen LogP contribution < -0.4 is 5.11 Å². The Labute approximate surface area is 207 Å². The van der Waals surface area contributed by atoms with Gasteiger partial charge in [0.2, 0.25) is 0 Å². The lowest BCUT2D eigenvalue weighted by molar-refractivity contribution is -0.890. The van der Waals surface area contributed by atoms with Gasteiger partial charge in [0.05, 0.1) is 27.2 Å². The number of quaternary nitrogens is 1. The Hall–Kier alpha value is -0.473. The van der Waals surface area contributed by atoms with Gasteiger partial charge in [-0.1, -0.05) is 84.0 Å². The van der Waals surface area contributed by atoms with Crippen LogP contribution in [0, 0.1) is 0 Å². The Morgan fingerprint density at radius 2 is 0.970 bits per heavy atom. The number of carbonyl (C=O) groups excluding carboxylic acids is 1. The van der Waals surface area contributed by atoms with E-state index in [1.165, 1.54) is 96.4 Å². The van der Waals surface area contributed by atoms with Gasteiger partial charge in [0.15, 0.2) is 0 Å². The highest BCUT2D eigenvalue weighted by Crippen LogP contribution is 2.17. The van der Waals surface area contributed by atoms with Gasteiger partial charge in [-0.05, 0) is 19.8 Å². The van der Waals surface area contributed by atoms with Crippen molar-refractivity contribution in [1.29, 1.82) is 0 Å². The molecule has 7 heteroatoms. The molecule has 0 radical (unpaired) electrons. The quantitative estimate of drug-likeness (QED) is 0.112. The van der Waals surface area contributed by atoms with E-state index in [4.69, 9.17) is 23.2 Å². The summed E-state index contributed by atoms with van der Waals surface area (Å²) >= 11 is 0. The number of carbonyl (C=O) groups is 1. The van der Waals surface area contributed by atoms with Crippen molar-refractivity contribution in [3.63, 3.8) is 0 Å². The highest BCUT2D eigenvalue weighted by Gasteiger charge is 2.37. The molecule has 0 aromatic rings. The van der Waals surface area contributed by atoms with Crippen molar-refractivity contribution in [3.05, 3.63) is 0 Å². The van der Waals surface area contributed by atoms with Crippen molar-refractivity contribution in [2.24, 2.45) is 0 Å². The molecule has 0 saturated heterocycles. The van der Waals surface area contributed by atoms with Crippen LogP contribution in [0.5, 0.6) is 0 Å². The average Bonchev–Trinajstić information content (AvgIpc) is 2.77. The second-order valence-corrected chi connectivity index (χ2v) is 13.0. The second-order valence-electron chi connectivity index (χ2n) is 9.87. The molecule has 0 heterocycles. The van der Waals surface area contributed by atoms with E-state index in [1.54, 1.807) is 21.3 Å². The number of carboxylic acid groups (broad SMARTS) is 1. The van der Waals surface area contributed by atoms with E-state index in [9.17, 15) is 0 Å². The van der Waals surface area contributed by atoms with Crippen LogP contribution in [-0.4, -0.2) is 67.8 Å². The summed E-state index contributed by atoms with van der Waals surface area (Å²) in [5, 5.41) is 8.89. The molecule has 0 aliphatic carbocycles. The Balaban J connectivity index is 0. The molecule has 0 bridgehead atoms. The van der Waals surface area contributed by atoms with Crippen molar-refractivity contribution < 1.29 is 27.7 Å². The number of carboxylic acids is 1. The summed E-state index contributed by atoms with van der Waals surface area (Å²) in [5.74, 6) is -1.08. The molecule has 0 amide bonds. The molecule has 0 atom stereocenters. The minimum atomic E-state index is -2.40. The van der Waals surface area contributed by atoms with Gasteiger partial charge in [-0.2, -0.15) is 0 Å². The Bertz CT molecular complexity index is 419. The van der Waals surface area contributed by atoms with Gasteiger partial charge < -0.3 is 27.7 Å². The summed E-state index contributed by atoms with van der Waals surface area (Å²) in [6.07, 6.45) is 21.0. The molecular formula is C26H57NO5Si. The molecule has 0 aliphatic rings. The van der Waals surface area contributed by atoms with E-state index >= 15 is 0 Å². The van der Waals surface area contributed by atoms with Crippen LogP contribution in [0.1, 0.15) is 110 Å². The third kappa shape index (κ3) is 24.5. The molecule has 0 N–H and O–H groups in total. The summed E-state index contributed by atoms with van der Waals surface area (Å²) in [6.45, 7) is 5.68. The monoisotopic (exact) mass is 491 g/mol. The minimum absolute atomic E-state index is 0.900. The molecule has 0 spiro atoms. The number of hydrogen-bond donors (Lipinski definition) is 0. The molecule has 0 saturated carbocycles. The summed E-state index contributed by atoms with van der Waals surface area (Å²) in [5.41, 5.74) is 0. The second kappa shape index (κ2) is 23.3. The maximum atomic E-state index is 8.89. The summed E-state index contributed by atoms with van der Waals surface area (Å²) in [4.78, 5) is 8.89. The molecule has 33 heavy (non-hydrogen) atoms. The Morgan fingerprint density at radius 3 is 1.30 bits per heavy atom. The van der Waals surface area contributed by atoms with Gasteiger partial charge in [0.1, 0.15) is 0 Å². The minimum Gasteiger partial charge on any atom is -0.550 e. The molecule has 0 unspecified atom stereocenters. The third-order valence-corrected chi connectivity index (χ3v) is 9.13.